The van der Waals surface area contributed by atoms with Crippen LogP contribution in [-0.4, -0.2) is 11.3 Å². The highest BCUT2D eigenvalue weighted by atomic mass is 79.9. The van der Waals surface area contributed by atoms with Crippen LogP contribution in [-0.2, 0) is 5.60 Å². The van der Waals surface area contributed by atoms with Crippen molar-refractivity contribution in [2.24, 2.45) is 0 Å². The minimum absolute atomic E-state index is 0.0691. The van der Waals surface area contributed by atoms with Crippen molar-refractivity contribution in [1.82, 2.24) is 0 Å². The summed E-state index contributed by atoms with van der Waals surface area (Å²) in [5.74, 6) is 0. The molecule has 102 valence electrons. The normalized spacial score (nSPS) is 15.4. The second-order valence-corrected chi connectivity index (χ2v) is 5.28. The van der Waals surface area contributed by atoms with Crippen molar-refractivity contribution in [2.75, 3.05) is 0 Å². The molecule has 0 spiro atoms. The molecular weight excluding hydrogens is 309 g/mol. The Kier molecular flexibility index (Phi) is 5.22. The van der Waals surface area contributed by atoms with Gasteiger partial charge in [0, 0.05) is 10.9 Å². The third kappa shape index (κ3) is 4.61. The van der Waals surface area contributed by atoms with Crippen LogP contribution in [0.2, 0.25) is 0 Å². The van der Waals surface area contributed by atoms with E-state index in [-0.39, 0.29) is 12.8 Å². The van der Waals surface area contributed by atoms with Gasteiger partial charge in [0.25, 0.3) is 0 Å². The molecule has 0 bridgehead atoms. The SMILES string of the molecule is CCC(O)(CCCC(F)(F)F)c1cccc(Br)c1. The molecule has 0 saturated heterocycles. The fourth-order valence-electron chi connectivity index (χ4n) is 1.88. The average molecular weight is 325 g/mol. The van der Waals surface area contributed by atoms with E-state index in [1.165, 1.54) is 0 Å². The molecule has 1 rings (SSSR count). The van der Waals surface area contributed by atoms with Crippen molar-refractivity contribution >= 4 is 15.9 Å². The molecule has 1 atom stereocenters. The molecule has 0 heterocycles. The first-order chi connectivity index (χ1) is 8.27. The topological polar surface area (TPSA) is 20.2 Å². The Morgan fingerprint density at radius 3 is 2.39 bits per heavy atom. The molecule has 0 aliphatic rings. The quantitative estimate of drug-likeness (QED) is 0.826. The number of alkyl halides is 3. The molecule has 1 nitrogen and oxygen atoms in total. The highest BCUT2D eigenvalue weighted by Crippen LogP contribution is 2.34. The van der Waals surface area contributed by atoms with E-state index in [9.17, 15) is 18.3 Å². The van der Waals surface area contributed by atoms with Crippen molar-refractivity contribution in [3.8, 4) is 0 Å². The van der Waals surface area contributed by atoms with Crippen LogP contribution < -0.4 is 0 Å². The summed E-state index contributed by atoms with van der Waals surface area (Å²) in [6.07, 6.45) is -4.59. The fraction of sp³-hybridized carbons (Fsp3) is 0.538. The van der Waals surface area contributed by atoms with Crippen LogP contribution in [0.5, 0.6) is 0 Å². The Morgan fingerprint density at radius 1 is 1.22 bits per heavy atom. The Hall–Kier alpha value is -0.550. The molecule has 0 amide bonds. The summed E-state index contributed by atoms with van der Waals surface area (Å²) in [5, 5.41) is 10.4. The number of hydrogen-bond donors (Lipinski definition) is 1. The summed E-state index contributed by atoms with van der Waals surface area (Å²) < 4.78 is 37.1. The number of rotatable bonds is 5. The van der Waals surface area contributed by atoms with E-state index < -0.39 is 18.2 Å². The molecule has 0 aromatic heterocycles. The molecule has 1 aromatic rings. The highest BCUT2D eigenvalue weighted by Gasteiger charge is 2.31. The first kappa shape index (κ1) is 15.5. The van der Waals surface area contributed by atoms with E-state index in [4.69, 9.17) is 0 Å². The lowest BCUT2D eigenvalue weighted by molar-refractivity contribution is -0.138. The number of hydrogen-bond acceptors (Lipinski definition) is 1. The maximum absolute atomic E-state index is 12.1. The van der Waals surface area contributed by atoms with Crippen LogP contribution in [0.15, 0.2) is 28.7 Å². The van der Waals surface area contributed by atoms with Crippen molar-refractivity contribution in [2.45, 2.75) is 44.4 Å². The standard InChI is InChI=1S/C13H16BrF3O/c1-2-12(18,7-4-8-13(15,16)17)10-5-3-6-11(14)9-10/h3,5-6,9,18H,2,4,7-8H2,1H3. The zero-order chi connectivity index (χ0) is 13.8. The number of halogens is 4. The predicted octanol–water partition coefficient (Wildman–Crippen LogP) is 4.78. The summed E-state index contributed by atoms with van der Waals surface area (Å²) in [4.78, 5) is 0. The monoisotopic (exact) mass is 324 g/mol. The molecule has 0 aliphatic heterocycles. The molecule has 1 unspecified atom stereocenters. The van der Waals surface area contributed by atoms with E-state index in [1.54, 1.807) is 25.1 Å². The summed E-state index contributed by atoms with van der Waals surface area (Å²) in [7, 11) is 0. The van der Waals surface area contributed by atoms with E-state index >= 15 is 0 Å². The zero-order valence-electron chi connectivity index (χ0n) is 10.1. The molecule has 0 radical (unpaired) electrons. The molecule has 18 heavy (non-hydrogen) atoms. The molecule has 0 aliphatic carbocycles. The first-order valence-electron chi connectivity index (χ1n) is 5.82. The lowest BCUT2D eigenvalue weighted by Crippen LogP contribution is -2.25. The maximum Gasteiger partial charge on any atom is 0.389 e. The van der Waals surface area contributed by atoms with Crippen LogP contribution in [0.25, 0.3) is 0 Å². The van der Waals surface area contributed by atoms with Gasteiger partial charge in [-0.2, -0.15) is 13.2 Å². The lowest BCUT2D eigenvalue weighted by atomic mass is 9.86. The molecule has 5 heteroatoms. The first-order valence-corrected chi connectivity index (χ1v) is 6.61. The smallest absolute Gasteiger partial charge is 0.385 e. The van der Waals surface area contributed by atoms with Gasteiger partial charge in [-0.1, -0.05) is 35.0 Å². The van der Waals surface area contributed by atoms with Crippen LogP contribution in [0.4, 0.5) is 13.2 Å². The van der Waals surface area contributed by atoms with Crippen molar-refractivity contribution in [3.63, 3.8) is 0 Å². The Balaban J connectivity index is 2.73. The maximum atomic E-state index is 12.1. The van der Waals surface area contributed by atoms with Gasteiger partial charge in [0.2, 0.25) is 0 Å². The Labute approximate surface area is 113 Å². The molecule has 0 fully saturated rings. The second kappa shape index (κ2) is 6.06. The van der Waals surface area contributed by atoms with E-state index in [0.29, 0.717) is 12.0 Å². The van der Waals surface area contributed by atoms with Crippen molar-refractivity contribution in [3.05, 3.63) is 34.3 Å². The van der Waals surface area contributed by atoms with Gasteiger partial charge in [-0.05, 0) is 37.0 Å². The van der Waals surface area contributed by atoms with Gasteiger partial charge >= 0.3 is 6.18 Å². The van der Waals surface area contributed by atoms with Crippen LogP contribution in [0.3, 0.4) is 0 Å². The van der Waals surface area contributed by atoms with E-state index in [2.05, 4.69) is 15.9 Å². The third-order valence-corrected chi connectivity index (χ3v) is 3.49. The molecular formula is C13H16BrF3O. The summed E-state index contributed by atoms with van der Waals surface area (Å²) in [6, 6.07) is 7.07. The van der Waals surface area contributed by atoms with Gasteiger partial charge < -0.3 is 5.11 Å². The summed E-state index contributed by atoms with van der Waals surface area (Å²) in [6.45, 7) is 1.77. The minimum Gasteiger partial charge on any atom is -0.385 e. The average Bonchev–Trinajstić information content (AvgIpc) is 2.27. The van der Waals surface area contributed by atoms with Gasteiger partial charge in [0.1, 0.15) is 0 Å². The Bertz CT molecular complexity index is 392. The third-order valence-electron chi connectivity index (χ3n) is 3.00. The minimum atomic E-state index is -4.16. The highest BCUT2D eigenvalue weighted by molar-refractivity contribution is 9.10. The van der Waals surface area contributed by atoms with Crippen LogP contribution in [0.1, 0.15) is 38.2 Å². The zero-order valence-corrected chi connectivity index (χ0v) is 11.7. The largest absolute Gasteiger partial charge is 0.389 e. The number of aliphatic hydroxyl groups is 1. The molecule has 0 saturated carbocycles. The van der Waals surface area contributed by atoms with Gasteiger partial charge in [-0.3, -0.25) is 0 Å². The van der Waals surface area contributed by atoms with E-state index in [1.807, 2.05) is 6.07 Å². The molecule has 1 N–H and O–H groups in total. The summed E-state index contributed by atoms with van der Waals surface area (Å²) in [5.41, 5.74) is -0.531. The van der Waals surface area contributed by atoms with Crippen LogP contribution in [0, 0.1) is 0 Å². The summed E-state index contributed by atoms with van der Waals surface area (Å²) >= 11 is 3.29. The number of benzene rings is 1. The predicted molar refractivity (Wildman–Crippen MR) is 68.2 cm³/mol. The van der Waals surface area contributed by atoms with Crippen molar-refractivity contribution < 1.29 is 18.3 Å². The van der Waals surface area contributed by atoms with Gasteiger partial charge in [0.15, 0.2) is 0 Å². The van der Waals surface area contributed by atoms with Crippen molar-refractivity contribution in [1.29, 1.82) is 0 Å². The van der Waals surface area contributed by atoms with E-state index in [0.717, 1.165) is 4.47 Å². The fourth-order valence-corrected chi connectivity index (χ4v) is 2.28. The van der Waals surface area contributed by atoms with Gasteiger partial charge in [0.05, 0.1) is 5.60 Å². The Morgan fingerprint density at radius 2 is 1.89 bits per heavy atom. The van der Waals surface area contributed by atoms with Gasteiger partial charge in [-0.15, -0.1) is 0 Å². The molecule has 1 aromatic carbocycles. The van der Waals surface area contributed by atoms with Crippen LogP contribution >= 0.6 is 15.9 Å². The van der Waals surface area contributed by atoms with Gasteiger partial charge in [-0.25, -0.2) is 0 Å². The second-order valence-electron chi connectivity index (χ2n) is 4.36. The lowest BCUT2D eigenvalue weighted by Gasteiger charge is -2.28.